The monoisotopic (exact) mass is 252 g/mol. The zero-order valence-corrected chi connectivity index (χ0v) is 10.9. The molecule has 4 heteroatoms. The molecule has 0 aromatic carbocycles. The smallest absolute Gasteiger partial charge is 0.250 e. The second kappa shape index (κ2) is 6.14. The molecule has 1 saturated carbocycles. The summed E-state index contributed by atoms with van der Waals surface area (Å²) in [5, 5.41) is 0. The highest BCUT2D eigenvalue weighted by Crippen LogP contribution is 2.31. The lowest BCUT2D eigenvalue weighted by molar-refractivity contribution is 0.0812. The number of pyridine rings is 1. The summed E-state index contributed by atoms with van der Waals surface area (Å²) in [7, 11) is 0. The fraction of sp³-hybridized carbons (Fsp3) is 0.643. The van der Waals surface area contributed by atoms with Crippen molar-refractivity contribution in [3.8, 4) is 5.88 Å². The Morgan fingerprint density at radius 2 is 2.22 bits per heavy atom. The molecule has 1 aromatic rings. The summed E-state index contributed by atoms with van der Waals surface area (Å²) in [5.41, 5.74) is 5.94. The molecule has 0 spiro atoms. The number of aromatic nitrogens is 1. The molecule has 1 aliphatic carbocycles. The Morgan fingerprint density at radius 1 is 1.44 bits per heavy atom. The van der Waals surface area contributed by atoms with E-state index < -0.39 is 5.82 Å². The molecular formula is C14H21FN2O. The summed E-state index contributed by atoms with van der Waals surface area (Å²) in [6.45, 7) is 2.33. The van der Waals surface area contributed by atoms with Crippen molar-refractivity contribution in [3.05, 3.63) is 23.6 Å². The molecule has 1 heterocycles. The van der Waals surface area contributed by atoms with Gasteiger partial charge in [-0.3, -0.25) is 0 Å². The van der Waals surface area contributed by atoms with Crippen LogP contribution in [0, 0.1) is 11.7 Å². The lowest BCUT2D eigenvalue weighted by Crippen LogP contribution is -2.30. The van der Waals surface area contributed by atoms with Crippen molar-refractivity contribution in [2.45, 2.75) is 51.7 Å². The number of hydrogen-bond donors (Lipinski definition) is 1. The van der Waals surface area contributed by atoms with Crippen LogP contribution in [-0.4, -0.2) is 11.1 Å². The number of halogens is 1. The highest BCUT2D eigenvalue weighted by molar-refractivity contribution is 5.23. The highest BCUT2D eigenvalue weighted by atomic mass is 19.1. The molecule has 1 aliphatic rings. The van der Waals surface area contributed by atoms with Gasteiger partial charge in [0, 0.05) is 18.3 Å². The average molecular weight is 252 g/mol. The van der Waals surface area contributed by atoms with Crippen molar-refractivity contribution in [2.75, 3.05) is 0 Å². The predicted molar refractivity (Wildman–Crippen MR) is 68.8 cm³/mol. The molecule has 0 saturated heterocycles. The molecule has 3 nitrogen and oxygen atoms in total. The first-order valence-electron chi connectivity index (χ1n) is 6.76. The molecule has 0 aliphatic heterocycles. The molecule has 2 unspecified atom stereocenters. The minimum atomic E-state index is -0.402. The van der Waals surface area contributed by atoms with E-state index >= 15 is 0 Å². The Morgan fingerprint density at radius 3 is 2.94 bits per heavy atom. The summed E-state index contributed by atoms with van der Waals surface area (Å²) in [6, 6.07) is 1.60. The Bertz CT molecular complexity index is 397. The zero-order valence-electron chi connectivity index (χ0n) is 10.9. The summed E-state index contributed by atoms with van der Waals surface area (Å²) >= 11 is 0. The minimum absolute atomic E-state index is 0.0961. The largest absolute Gasteiger partial charge is 0.472 e. The van der Waals surface area contributed by atoms with Crippen molar-refractivity contribution >= 4 is 0 Å². The number of rotatable bonds is 4. The fourth-order valence-electron chi connectivity index (χ4n) is 2.64. The highest BCUT2D eigenvalue weighted by Gasteiger charge is 2.26. The summed E-state index contributed by atoms with van der Waals surface area (Å²) in [6.07, 6.45) is 7.29. The molecule has 0 bridgehead atoms. The van der Waals surface area contributed by atoms with Gasteiger partial charge in [-0.25, -0.2) is 9.37 Å². The lowest BCUT2D eigenvalue weighted by Gasteiger charge is -2.30. The van der Waals surface area contributed by atoms with Gasteiger partial charge in [0.2, 0.25) is 0 Å². The van der Waals surface area contributed by atoms with Gasteiger partial charge in [0.1, 0.15) is 6.10 Å². The lowest BCUT2D eigenvalue weighted by atomic mass is 9.85. The minimum Gasteiger partial charge on any atom is -0.472 e. The van der Waals surface area contributed by atoms with E-state index in [9.17, 15) is 4.39 Å². The maximum atomic E-state index is 14.0. The molecule has 0 amide bonds. The van der Waals surface area contributed by atoms with Gasteiger partial charge in [0.15, 0.2) is 5.82 Å². The average Bonchev–Trinajstić information content (AvgIpc) is 2.42. The first-order valence-corrected chi connectivity index (χ1v) is 6.76. The normalized spacial score (nSPS) is 23.9. The zero-order chi connectivity index (χ0) is 13.0. The van der Waals surface area contributed by atoms with Crippen LogP contribution >= 0.6 is 0 Å². The number of hydrogen-bond acceptors (Lipinski definition) is 3. The first-order chi connectivity index (χ1) is 8.76. The van der Waals surface area contributed by atoms with Gasteiger partial charge in [-0.05, 0) is 37.7 Å². The molecule has 1 aromatic heterocycles. The van der Waals surface area contributed by atoms with Crippen molar-refractivity contribution in [2.24, 2.45) is 11.7 Å². The summed E-state index contributed by atoms with van der Waals surface area (Å²) in [5.74, 6) is 0.227. The van der Waals surface area contributed by atoms with Gasteiger partial charge in [0.25, 0.3) is 5.88 Å². The Balaban J connectivity index is 2.12. The van der Waals surface area contributed by atoms with Crippen LogP contribution < -0.4 is 10.5 Å². The van der Waals surface area contributed by atoms with E-state index in [-0.39, 0.29) is 18.5 Å². The van der Waals surface area contributed by atoms with Crippen LogP contribution in [-0.2, 0) is 6.54 Å². The third-order valence-electron chi connectivity index (χ3n) is 3.78. The van der Waals surface area contributed by atoms with E-state index in [2.05, 4.69) is 11.9 Å². The van der Waals surface area contributed by atoms with Crippen LogP contribution in [0.3, 0.4) is 0 Å². The topological polar surface area (TPSA) is 48.1 Å². The van der Waals surface area contributed by atoms with Gasteiger partial charge in [-0.1, -0.05) is 13.3 Å². The van der Waals surface area contributed by atoms with E-state index in [1.165, 1.54) is 12.8 Å². The van der Waals surface area contributed by atoms with E-state index in [0.29, 0.717) is 11.5 Å². The third kappa shape index (κ3) is 2.80. The van der Waals surface area contributed by atoms with E-state index in [0.717, 1.165) is 19.3 Å². The van der Waals surface area contributed by atoms with Crippen molar-refractivity contribution < 1.29 is 9.13 Å². The molecule has 1 fully saturated rings. The molecule has 0 radical (unpaired) electrons. The van der Waals surface area contributed by atoms with Gasteiger partial charge in [-0.2, -0.15) is 0 Å². The second-order valence-electron chi connectivity index (χ2n) is 4.90. The Hall–Kier alpha value is -1.16. The second-order valence-corrected chi connectivity index (χ2v) is 4.90. The quantitative estimate of drug-likeness (QED) is 0.896. The number of nitrogens with zero attached hydrogens (tertiary/aromatic N) is 1. The summed E-state index contributed by atoms with van der Waals surface area (Å²) < 4.78 is 19.8. The van der Waals surface area contributed by atoms with Gasteiger partial charge < -0.3 is 10.5 Å². The standard InChI is InChI=1S/C14H21FN2O/c1-2-10-5-3-4-6-12(10)18-14-13(15)11(9-16)7-8-17-14/h7-8,10,12H,2-6,9,16H2,1H3. The van der Waals surface area contributed by atoms with Gasteiger partial charge in [-0.15, -0.1) is 0 Å². The van der Waals surface area contributed by atoms with Crippen molar-refractivity contribution in [1.82, 2.24) is 4.98 Å². The van der Waals surface area contributed by atoms with Crippen LogP contribution in [0.4, 0.5) is 4.39 Å². The SMILES string of the molecule is CCC1CCCCC1Oc1nccc(CN)c1F. The molecule has 100 valence electrons. The van der Waals surface area contributed by atoms with Crippen molar-refractivity contribution in [1.29, 1.82) is 0 Å². The number of nitrogens with two attached hydrogens (primary N) is 1. The molecule has 2 atom stereocenters. The van der Waals surface area contributed by atoms with Crippen LogP contribution in [0.15, 0.2) is 12.3 Å². The van der Waals surface area contributed by atoms with Gasteiger partial charge >= 0.3 is 0 Å². The Kier molecular flexibility index (Phi) is 4.53. The molecular weight excluding hydrogens is 231 g/mol. The van der Waals surface area contributed by atoms with Gasteiger partial charge in [0.05, 0.1) is 0 Å². The first kappa shape index (κ1) is 13.3. The fourth-order valence-corrected chi connectivity index (χ4v) is 2.64. The molecule has 2 N–H and O–H groups in total. The molecule has 18 heavy (non-hydrogen) atoms. The number of ether oxygens (including phenoxy) is 1. The molecule has 2 rings (SSSR count). The maximum Gasteiger partial charge on any atom is 0.250 e. The predicted octanol–water partition coefficient (Wildman–Crippen LogP) is 3.03. The van der Waals surface area contributed by atoms with Crippen molar-refractivity contribution in [3.63, 3.8) is 0 Å². The van der Waals surface area contributed by atoms with E-state index in [4.69, 9.17) is 10.5 Å². The summed E-state index contributed by atoms with van der Waals surface area (Å²) in [4.78, 5) is 4.00. The maximum absolute atomic E-state index is 14.0. The van der Waals surface area contributed by atoms with Crippen LogP contribution in [0.1, 0.15) is 44.6 Å². The van der Waals surface area contributed by atoms with E-state index in [1.807, 2.05) is 0 Å². The van der Waals surface area contributed by atoms with Crippen LogP contribution in [0.5, 0.6) is 5.88 Å². The van der Waals surface area contributed by atoms with Crippen LogP contribution in [0.25, 0.3) is 0 Å². The van der Waals surface area contributed by atoms with Crippen LogP contribution in [0.2, 0.25) is 0 Å². The van der Waals surface area contributed by atoms with E-state index in [1.54, 1.807) is 12.3 Å². The Labute approximate surface area is 108 Å². The third-order valence-corrected chi connectivity index (χ3v) is 3.78.